The van der Waals surface area contributed by atoms with Crippen LogP contribution in [0.1, 0.15) is 259 Å². The predicted octanol–water partition coefficient (Wildman–Crippen LogP) is 36.0. The summed E-state index contributed by atoms with van der Waals surface area (Å²) < 4.78 is 13.2. The molecule has 143 heavy (non-hydrogen) atoms. The van der Waals surface area contributed by atoms with Gasteiger partial charge in [-0.1, -0.05) is 397 Å². The number of nitrogens with zero attached hydrogens (tertiary/aromatic N) is 2. The molecule has 18 aromatic rings. The minimum absolute atomic E-state index is 0.0186. The summed E-state index contributed by atoms with van der Waals surface area (Å²) >= 11 is 0. The summed E-state index contributed by atoms with van der Waals surface area (Å²) in [5.74, 6) is 3.84. The number of hydrogen-bond acceptors (Lipinski definition) is 4. The highest BCUT2D eigenvalue weighted by Gasteiger charge is 2.50. The predicted molar refractivity (Wildman–Crippen MR) is 597 cm³/mol. The highest BCUT2D eigenvalue weighted by molar-refractivity contribution is 5.94. The molecule has 6 atom stereocenters. The average Bonchev–Trinajstić information content (AvgIpc) is 1.54. The molecule has 0 amide bonds. The van der Waals surface area contributed by atoms with Gasteiger partial charge in [0.05, 0.1) is 10.8 Å². The molecule has 0 N–H and O–H groups in total. The molecule has 0 radical (unpaired) electrons. The number of para-hydroxylation sites is 2. The van der Waals surface area contributed by atoms with E-state index >= 15 is 0 Å². The van der Waals surface area contributed by atoms with Crippen molar-refractivity contribution in [3.63, 3.8) is 0 Å². The van der Waals surface area contributed by atoms with Gasteiger partial charge < -0.3 is 19.3 Å². The van der Waals surface area contributed by atoms with Crippen LogP contribution < -0.4 is 19.3 Å². The van der Waals surface area contributed by atoms with Gasteiger partial charge in [0.25, 0.3) is 0 Å². The van der Waals surface area contributed by atoms with Gasteiger partial charge in [-0.2, -0.15) is 0 Å². The molecule has 18 aromatic carbocycles. The number of hydrogen-bond donors (Lipinski definition) is 0. The van der Waals surface area contributed by atoms with Gasteiger partial charge in [-0.25, -0.2) is 0 Å². The largest absolute Gasteiger partial charge is 0.489 e. The Morgan fingerprint density at radius 3 is 0.916 bits per heavy atom. The third-order valence-electron chi connectivity index (χ3n) is 33.4. The molecule has 6 aliphatic carbocycles. The van der Waals surface area contributed by atoms with Gasteiger partial charge in [-0.3, -0.25) is 0 Å². The second kappa shape index (κ2) is 37.2. The highest BCUT2D eigenvalue weighted by atomic mass is 16.5. The molecule has 24 rings (SSSR count). The first kappa shape index (κ1) is 91.9. The van der Waals surface area contributed by atoms with Crippen LogP contribution in [0.25, 0.3) is 44.5 Å². The van der Waals surface area contributed by atoms with Crippen LogP contribution in [0.15, 0.2) is 413 Å². The Morgan fingerprint density at radius 2 is 0.573 bits per heavy atom. The topological polar surface area (TPSA) is 24.9 Å². The summed E-state index contributed by atoms with van der Waals surface area (Å²) in [6.45, 7) is 29.0. The van der Waals surface area contributed by atoms with Gasteiger partial charge >= 0.3 is 0 Å². The fourth-order valence-corrected chi connectivity index (χ4v) is 25.1. The van der Waals surface area contributed by atoms with Crippen LogP contribution in [0.4, 0.5) is 34.1 Å². The first-order chi connectivity index (χ1) is 69.6. The molecule has 0 aromatic heterocycles. The van der Waals surface area contributed by atoms with Crippen LogP contribution in [0, 0.1) is 6.92 Å². The quantitative estimate of drug-likeness (QED) is 0.0539. The Bertz CT molecular complexity index is 7790. The van der Waals surface area contributed by atoms with Crippen LogP contribution >= 0.6 is 0 Å². The van der Waals surface area contributed by atoms with Crippen molar-refractivity contribution in [2.75, 3.05) is 9.80 Å². The second-order valence-electron chi connectivity index (χ2n) is 43.5. The van der Waals surface area contributed by atoms with Crippen molar-refractivity contribution in [2.24, 2.45) is 0 Å². The molecule has 6 aliphatic rings. The van der Waals surface area contributed by atoms with Crippen LogP contribution in [-0.2, 0) is 66.0 Å². The number of fused-ring (bicyclic) bond motifs is 14. The van der Waals surface area contributed by atoms with E-state index in [4.69, 9.17) is 9.47 Å². The number of rotatable bonds is 26. The van der Waals surface area contributed by atoms with E-state index in [0.717, 1.165) is 71.3 Å². The van der Waals surface area contributed by atoms with Gasteiger partial charge in [-0.15, -0.1) is 0 Å². The van der Waals surface area contributed by atoms with E-state index in [9.17, 15) is 0 Å². The zero-order valence-electron chi connectivity index (χ0n) is 84.9. The summed E-state index contributed by atoms with van der Waals surface area (Å²) in [5.41, 5.74) is 48.2. The second-order valence-corrected chi connectivity index (χ2v) is 43.5. The van der Waals surface area contributed by atoms with Crippen molar-refractivity contribution in [3.8, 4) is 56.0 Å². The van der Waals surface area contributed by atoms with E-state index in [1.807, 2.05) is 0 Å². The Labute approximate surface area is 847 Å². The molecule has 0 fully saturated rings. The zero-order chi connectivity index (χ0) is 97.6. The lowest BCUT2D eigenvalue weighted by atomic mass is 9.67. The van der Waals surface area contributed by atoms with Crippen LogP contribution in [0.5, 0.6) is 11.5 Å². The Hall–Kier alpha value is -14.8. The lowest BCUT2D eigenvalue weighted by Gasteiger charge is -2.35. The average molecular weight is 1860 g/mol. The van der Waals surface area contributed by atoms with Crippen molar-refractivity contribution in [2.45, 2.75) is 198 Å². The van der Waals surface area contributed by atoms with Crippen molar-refractivity contribution in [1.82, 2.24) is 0 Å². The van der Waals surface area contributed by atoms with Crippen LogP contribution in [-0.4, -0.2) is 0 Å². The van der Waals surface area contributed by atoms with E-state index in [-0.39, 0.29) is 16.2 Å². The Morgan fingerprint density at radius 1 is 0.273 bits per heavy atom. The summed E-state index contributed by atoms with van der Waals surface area (Å²) in [7, 11) is 0. The van der Waals surface area contributed by atoms with Crippen LogP contribution in [0.3, 0.4) is 0 Å². The lowest BCUT2D eigenvalue weighted by molar-refractivity contribution is 0.306. The molecule has 0 aliphatic heterocycles. The van der Waals surface area contributed by atoms with E-state index in [0.29, 0.717) is 36.9 Å². The van der Waals surface area contributed by atoms with Gasteiger partial charge in [-0.05, 0) is 357 Å². The minimum atomic E-state index is -0.606. The highest BCUT2D eigenvalue weighted by Crippen LogP contribution is 2.62. The van der Waals surface area contributed by atoms with E-state index < -0.39 is 10.8 Å². The third-order valence-corrected chi connectivity index (χ3v) is 33.4. The van der Waals surface area contributed by atoms with Gasteiger partial charge in [0, 0.05) is 45.0 Å². The smallest absolute Gasteiger partial charge is 0.119 e. The molecular formula is C139H128N2O2. The number of aryl methyl sites for hydroxylation is 5. The molecule has 0 spiro atoms. The number of ether oxygens (including phenoxy) is 2. The first-order valence-corrected chi connectivity index (χ1v) is 52.4. The molecular weight excluding hydrogens is 1730 g/mol. The maximum absolute atomic E-state index is 6.62. The molecule has 0 saturated heterocycles. The molecule has 4 nitrogen and oxygen atoms in total. The van der Waals surface area contributed by atoms with Crippen molar-refractivity contribution in [3.05, 3.63) is 546 Å². The minimum Gasteiger partial charge on any atom is -0.489 e. The molecule has 706 valence electrons. The molecule has 0 saturated carbocycles. The summed E-state index contributed by atoms with van der Waals surface area (Å²) in [6, 6.07) is 156. The van der Waals surface area contributed by atoms with E-state index in [1.54, 1.807) is 22.3 Å². The fourth-order valence-electron chi connectivity index (χ4n) is 25.1. The molecule has 4 heteroatoms. The van der Waals surface area contributed by atoms with Gasteiger partial charge in [0.2, 0.25) is 0 Å². The first-order valence-electron chi connectivity index (χ1n) is 52.4. The summed E-state index contributed by atoms with van der Waals surface area (Å²) in [6.07, 6.45) is 9.60. The monoisotopic (exact) mass is 1860 g/mol. The van der Waals surface area contributed by atoms with E-state index in [1.165, 1.54) is 181 Å². The van der Waals surface area contributed by atoms with Crippen molar-refractivity contribution < 1.29 is 9.47 Å². The summed E-state index contributed by atoms with van der Waals surface area (Å²) in [4.78, 5) is 4.90. The SMILES string of the molecule is CCC(CC(C)c1ccc(COc2ccc(C3(c4ccc(C(C)(C)C)cc4)c4ccccc4-c4ccc(N(c5ccccc5)c5ccc6c(c5)C(C)(C)c5ccccc5-6)cc43)cc2)cc1)c1ccc2c(c1)CC2.CCC(CC(C)c1ccc(COc2ccc(C3(c4ccc(C)cc4)c4ccccc4-c4ccc(N(c5ccccc5)c5ccc6c(c5)C(C)(C)c5ccccc5-6)cc43)cc2)cc1)c1ccc2c(c1)CC2. The fraction of sp³-hybridized carbons (Fsp3) is 0.223. The molecule has 0 heterocycles. The van der Waals surface area contributed by atoms with Gasteiger partial charge in [0.1, 0.15) is 24.7 Å². The maximum atomic E-state index is 6.62. The van der Waals surface area contributed by atoms with E-state index in [2.05, 4.69) is 505 Å². The van der Waals surface area contributed by atoms with Crippen LogP contribution in [0.2, 0.25) is 0 Å². The normalized spacial score (nSPS) is 16.5. The molecule has 0 bridgehead atoms. The van der Waals surface area contributed by atoms with Crippen molar-refractivity contribution in [1.29, 1.82) is 0 Å². The standard InChI is InChI=1S/C71H67NO.C68H61NO/c1-8-49(52-28-26-51-27-29-53(51)43-52)42-47(2)50-24-22-48(23-25-50)46-73-60-38-34-56(35-39-60)71(55-32-30-54(31-33-55)69(3,4)5)66-21-15-13-19-62(66)64-41-37-59(45-68(64)71)72(57-16-10-9-11-17-57)58-36-40-63-61-18-12-14-20-65(61)70(6,7)67(63)44-58;1-6-48(51-28-26-50-27-29-52(50)41-51)40-46(3)49-24-22-47(23-25-49)44-70-58-36-32-54(33-37-58)68(53-30-20-45(2)21-31-53)64-19-13-11-17-60(64)62-39-35-57(43-66(62)68)69(55-14-8-7-9-15-55)56-34-38-61-59-16-10-12-18-63(59)67(4,5)65(61)42-56/h9-26,28,30-41,43-45,47,49H,8,27,29,42,46H2,1-7H3;7-26,28,30-39,41-43,46,48H,6,27,29,40,44H2,1-5H3. The number of benzene rings is 18. The van der Waals surface area contributed by atoms with Crippen molar-refractivity contribution >= 4 is 34.1 Å². The number of anilines is 6. The third kappa shape index (κ3) is 16.3. The Balaban J connectivity index is 0.000000159. The maximum Gasteiger partial charge on any atom is 0.119 e. The lowest BCUT2D eigenvalue weighted by Crippen LogP contribution is -2.29. The van der Waals surface area contributed by atoms with Gasteiger partial charge in [0.15, 0.2) is 0 Å². The summed E-state index contributed by atoms with van der Waals surface area (Å²) in [5, 5.41) is 0. The Kier molecular flexibility index (Phi) is 23.9. The molecule has 6 unspecified atom stereocenters. The zero-order valence-corrected chi connectivity index (χ0v) is 84.9.